The Morgan fingerprint density at radius 3 is 2.70 bits per heavy atom. The van der Waals surface area contributed by atoms with Gasteiger partial charge in [-0.1, -0.05) is 0 Å². The lowest BCUT2D eigenvalue weighted by Crippen LogP contribution is -2.03. The summed E-state index contributed by atoms with van der Waals surface area (Å²) in [6.07, 6.45) is 6.55. The van der Waals surface area contributed by atoms with E-state index < -0.39 is 11.2 Å². The van der Waals surface area contributed by atoms with Gasteiger partial charge in [-0.25, -0.2) is 4.98 Å². The number of thiazole rings is 1. The maximum atomic E-state index is 11.7. The van der Waals surface area contributed by atoms with Crippen molar-refractivity contribution in [2.45, 2.75) is 37.5 Å². The molecule has 2 atom stereocenters. The average molecular weight is 441 g/mol. The summed E-state index contributed by atoms with van der Waals surface area (Å²) in [7, 11) is 0. The lowest BCUT2D eigenvalue weighted by molar-refractivity contribution is -0.117. The van der Waals surface area contributed by atoms with Crippen molar-refractivity contribution in [3.05, 3.63) is 59.1 Å². The number of aryl methyl sites for hydroxylation is 1. The Morgan fingerprint density at radius 2 is 2.07 bits per heavy atom. The predicted molar refractivity (Wildman–Crippen MR) is 121 cm³/mol. The van der Waals surface area contributed by atoms with Gasteiger partial charge in [-0.3, -0.25) is 4.79 Å². The van der Waals surface area contributed by atoms with Crippen molar-refractivity contribution < 1.29 is 14.1 Å². The summed E-state index contributed by atoms with van der Waals surface area (Å²) in [5, 5.41) is 4.21. The Bertz CT molecular complexity index is 1030. The van der Waals surface area contributed by atoms with Crippen molar-refractivity contribution >= 4 is 39.1 Å². The van der Waals surface area contributed by atoms with Crippen molar-refractivity contribution in [3.63, 3.8) is 0 Å². The zero-order valence-corrected chi connectivity index (χ0v) is 18.6. The molecule has 1 aliphatic carbocycles. The number of ether oxygens (including phenoxy) is 1. The van der Waals surface area contributed by atoms with E-state index in [9.17, 15) is 9.35 Å². The van der Waals surface area contributed by atoms with Crippen LogP contribution in [0, 0.1) is 12.8 Å². The molecule has 1 heterocycles. The van der Waals surface area contributed by atoms with Crippen LogP contribution >= 0.6 is 11.3 Å². The zero-order valence-electron chi connectivity index (χ0n) is 17.0. The first-order valence-electron chi connectivity index (χ1n) is 9.91. The Labute approximate surface area is 183 Å². The normalized spacial score (nSPS) is 17.2. The fourth-order valence-electron chi connectivity index (χ4n) is 3.66. The highest BCUT2D eigenvalue weighted by atomic mass is 32.2. The highest BCUT2D eigenvalue weighted by Crippen LogP contribution is 2.35. The second-order valence-corrected chi connectivity index (χ2v) is 10.2. The third-order valence-electron chi connectivity index (χ3n) is 5.17. The summed E-state index contributed by atoms with van der Waals surface area (Å²) in [6, 6.07) is 13.3. The maximum absolute atomic E-state index is 11.7. The van der Waals surface area contributed by atoms with E-state index in [1.807, 2.05) is 49.5 Å². The third kappa shape index (κ3) is 5.22. The van der Waals surface area contributed by atoms with Crippen LogP contribution in [0.15, 0.2) is 53.6 Å². The second-order valence-electron chi connectivity index (χ2n) is 7.60. The lowest BCUT2D eigenvalue weighted by Gasteiger charge is -2.16. The number of benzene rings is 2. The van der Waals surface area contributed by atoms with Crippen LogP contribution in [0.4, 0.5) is 10.8 Å². The van der Waals surface area contributed by atoms with Crippen LogP contribution in [0.5, 0.6) is 11.5 Å². The van der Waals surface area contributed by atoms with Gasteiger partial charge in [0.1, 0.15) is 23.5 Å². The molecule has 0 aliphatic heterocycles. The van der Waals surface area contributed by atoms with Gasteiger partial charge in [0.2, 0.25) is 0 Å². The molecule has 0 radical (unpaired) electrons. The molecule has 4 rings (SSSR count). The second kappa shape index (κ2) is 9.20. The van der Waals surface area contributed by atoms with Gasteiger partial charge in [-0.15, -0.1) is 11.3 Å². The number of nitrogens with one attached hydrogen (secondary N) is 1. The molecule has 2 aromatic carbocycles. The van der Waals surface area contributed by atoms with E-state index in [1.165, 1.54) is 0 Å². The zero-order chi connectivity index (χ0) is 21.1. The molecule has 0 bridgehead atoms. The minimum absolute atomic E-state index is 0.346. The first-order valence-corrected chi connectivity index (χ1v) is 12.3. The fourth-order valence-corrected chi connectivity index (χ4v) is 4.86. The first kappa shape index (κ1) is 20.9. The number of carbonyl (C=O) groups is 1. The largest absolute Gasteiger partial charge is 0.612 e. The summed E-state index contributed by atoms with van der Waals surface area (Å²) in [5.41, 5.74) is 2.02. The summed E-state index contributed by atoms with van der Waals surface area (Å²) in [5.74, 6) is 2.17. The Balaban J connectivity index is 1.57. The van der Waals surface area contributed by atoms with Crippen molar-refractivity contribution in [1.82, 2.24) is 4.98 Å². The maximum Gasteiger partial charge on any atom is 0.187 e. The number of Topliss-reactive ketones (excluding diaryl/α,β-unsaturated/α-hetero) is 1. The van der Waals surface area contributed by atoms with Crippen LogP contribution in [0.1, 0.15) is 29.7 Å². The SMILES string of the molecule is Cc1cnc(Nc2ccc(Oc3ccc([S+](C)[O-])cc3)c(CC3CCC(=O)C3)c2)s1. The van der Waals surface area contributed by atoms with E-state index in [0.717, 1.165) is 44.7 Å². The van der Waals surface area contributed by atoms with E-state index in [1.54, 1.807) is 17.6 Å². The summed E-state index contributed by atoms with van der Waals surface area (Å²) >= 11 is 0.593. The van der Waals surface area contributed by atoms with Gasteiger partial charge in [0.25, 0.3) is 0 Å². The van der Waals surface area contributed by atoms with Gasteiger partial charge >= 0.3 is 0 Å². The monoisotopic (exact) mass is 440 g/mol. The highest BCUT2D eigenvalue weighted by Gasteiger charge is 2.24. The molecule has 1 N–H and O–H groups in total. The van der Waals surface area contributed by atoms with E-state index in [4.69, 9.17) is 4.74 Å². The summed E-state index contributed by atoms with van der Waals surface area (Å²) in [6.45, 7) is 2.03. The van der Waals surface area contributed by atoms with Gasteiger partial charge in [0.05, 0.1) is 0 Å². The Kier molecular flexibility index (Phi) is 6.41. The standard InChI is InChI=1S/C23H24N2O3S2/c1-15-14-24-23(29-15)25-18-4-10-22(17(13-18)11-16-3-5-19(26)12-16)28-20-6-8-21(9-7-20)30(2)27/h4,6-10,13-14,16H,3,5,11-12H2,1-2H3,(H,24,25). The van der Waals surface area contributed by atoms with Crippen LogP contribution in [-0.2, 0) is 22.4 Å². The molecule has 0 saturated heterocycles. The Morgan fingerprint density at radius 1 is 1.27 bits per heavy atom. The molecule has 30 heavy (non-hydrogen) atoms. The molecule has 1 aromatic heterocycles. The van der Waals surface area contributed by atoms with Crippen molar-refractivity contribution in [1.29, 1.82) is 0 Å². The molecule has 2 unspecified atom stereocenters. The quantitative estimate of drug-likeness (QED) is 0.482. The number of ketones is 1. The summed E-state index contributed by atoms with van der Waals surface area (Å²) in [4.78, 5) is 18.0. The molecule has 3 aromatic rings. The van der Waals surface area contributed by atoms with Gasteiger partial charge < -0.3 is 14.6 Å². The van der Waals surface area contributed by atoms with Gasteiger partial charge in [0, 0.05) is 29.6 Å². The van der Waals surface area contributed by atoms with Crippen LogP contribution in [0.3, 0.4) is 0 Å². The third-order valence-corrected chi connectivity index (χ3v) is 6.94. The molecule has 7 heteroatoms. The highest BCUT2D eigenvalue weighted by molar-refractivity contribution is 7.90. The smallest absolute Gasteiger partial charge is 0.187 e. The minimum atomic E-state index is -1.02. The van der Waals surface area contributed by atoms with Crippen molar-refractivity contribution in [3.8, 4) is 11.5 Å². The van der Waals surface area contributed by atoms with Gasteiger partial charge in [-0.2, -0.15) is 0 Å². The number of hydrogen-bond acceptors (Lipinski definition) is 6. The van der Waals surface area contributed by atoms with E-state index in [-0.39, 0.29) is 0 Å². The van der Waals surface area contributed by atoms with Crippen LogP contribution in [0.2, 0.25) is 0 Å². The first-order chi connectivity index (χ1) is 14.5. The number of nitrogens with zero attached hydrogens (tertiary/aromatic N) is 1. The number of rotatable bonds is 7. The van der Waals surface area contributed by atoms with E-state index >= 15 is 0 Å². The topological polar surface area (TPSA) is 74.3 Å². The van der Waals surface area contributed by atoms with E-state index in [0.29, 0.717) is 30.3 Å². The lowest BCUT2D eigenvalue weighted by atomic mass is 9.97. The molecule has 1 saturated carbocycles. The number of carbonyl (C=O) groups excluding carboxylic acids is 1. The molecule has 0 spiro atoms. The van der Waals surface area contributed by atoms with Gasteiger partial charge in [-0.05, 0) is 84.9 Å². The van der Waals surface area contributed by atoms with Crippen LogP contribution in [-0.4, -0.2) is 21.6 Å². The average Bonchev–Trinajstić information content (AvgIpc) is 3.32. The molecular weight excluding hydrogens is 416 g/mol. The molecule has 156 valence electrons. The van der Waals surface area contributed by atoms with Crippen molar-refractivity contribution in [2.24, 2.45) is 5.92 Å². The van der Waals surface area contributed by atoms with Crippen LogP contribution < -0.4 is 10.1 Å². The fraction of sp³-hybridized carbons (Fsp3) is 0.304. The molecule has 1 fully saturated rings. The minimum Gasteiger partial charge on any atom is -0.612 e. The molecule has 5 nitrogen and oxygen atoms in total. The number of aromatic nitrogens is 1. The molecule has 1 aliphatic rings. The predicted octanol–water partition coefficient (Wildman–Crippen LogP) is 5.64. The molecule has 0 amide bonds. The van der Waals surface area contributed by atoms with Gasteiger partial charge in [0.15, 0.2) is 10.0 Å². The number of anilines is 2. The molecular formula is C23H24N2O3S2. The summed E-state index contributed by atoms with van der Waals surface area (Å²) < 4.78 is 17.8. The van der Waals surface area contributed by atoms with E-state index in [2.05, 4.69) is 16.4 Å². The van der Waals surface area contributed by atoms with Crippen molar-refractivity contribution in [2.75, 3.05) is 11.6 Å². The number of hydrogen-bond donors (Lipinski definition) is 1. The van der Waals surface area contributed by atoms with Crippen LogP contribution in [0.25, 0.3) is 0 Å². The Hall–Kier alpha value is -2.35.